The van der Waals surface area contributed by atoms with Gasteiger partial charge in [-0.2, -0.15) is 0 Å². The number of fused-ring (bicyclic) bond motifs is 3. The molecule has 0 aliphatic carbocycles. The SMILES string of the molecule is CCSSCc1ccc2c(c1)-c1c[nH]c(=O)cc1C(COC)N=C2c1ccc(F)cc1. The molecule has 4 rings (SSSR count). The molecule has 0 saturated carbocycles. The Balaban J connectivity index is 1.92. The number of pyridine rings is 1. The molecular formula is C24H23FN2O2S2. The second kappa shape index (κ2) is 9.85. The molecule has 0 fully saturated rings. The molecule has 0 amide bonds. The first-order valence-electron chi connectivity index (χ1n) is 10.0. The molecule has 0 bridgehead atoms. The summed E-state index contributed by atoms with van der Waals surface area (Å²) < 4.78 is 19.0. The van der Waals surface area contributed by atoms with Crippen molar-refractivity contribution in [2.75, 3.05) is 19.5 Å². The molecule has 7 heteroatoms. The third-order valence-electron chi connectivity index (χ3n) is 5.10. The van der Waals surface area contributed by atoms with Crippen LogP contribution in [0, 0.1) is 5.82 Å². The maximum atomic E-state index is 13.6. The minimum atomic E-state index is -0.344. The van der Waals surface area contributed by atoms with Gasteiger partial charge in [0.25, 0.3) is 0 Å². The lowest BCUT2D eigenvalue weighted by molar-refractivity contribution is 0.182. The smallest absolute Gasteiger partial charge is 0.248 e. The largest absolute Gasteiger partial charge is 0.382 e. The lowest BCUT2D eigenvalue weighted by Gasteiger charge is -2.14. The first kappa shape index (κ1) is 21.9. The predicted molar refractivity (Wildman–Crippen MR) is 129 cm³/mol. The van der Waals surface area contributed by atoms with Crippen LogP contribution in [0.1, 0.15) is 35.2 Å². The maximum Gasteiger partial charge on any atom is 0.248 e. The number of methoxy groups -OCH3 is 1. The lowest BCUT2D eigenvalue weighted by Crippen LogP contribution is -2.12. The quantitative estimate of drug-likeness (QED) is 0.372. The summed E-state index contributed by atoms with van der Waals surface area (Å²) in [7, 11) is 5.28. The van der Waals surface area contributed by atoms with Gasteiger partial charge in [0.15, 0.2) is 0 Å². The van der Waals surface area contributed by atoms with Crippen molar-refractivity contribution in [1.29, 1.82) is 0 Å². The molecule has 0 spiro atoms. The first-order valence-corrected chi connectivity index (χ1v) is 12.5. The number of nitrogens with one attached hydrogen (secondary N) is 1. The van der Waals surface area contributed by atoms with Gasteiger partial charge in [0.05, 0.1) is 18.4 Å². The molecule has 4 nitrogen and oxygen atoms in total. The van der Waals surface area contributed by atoms with Gasteiger partial charge in [0, 0.05) is 47.6 Å². The average molecular weight is 455 g/mol. The van der Waals surface area contributed by atoms with Gasteiger partial charge >= 0.3 is 0 Å². The summed E-state index contributed by atoms with van der Waals surface area (Å²) in [6.07, 6.45) is 1.76. The third-order valence-corrected chi connectivity index (χ3v) is 7.51. The van der Waals surface area contributed by atoms with Crippen molar-refractivity contribution >= 4 is 27.3 Å². The Morgan fingerprint density at radius 2 is 1.87 bits per heavy atom. The van der Waals surface area contributed by atoms with Crippen LogP contribution in [0.5, 0.6) is 0 Å². The van der Waals surface area contributed by atoms with E-state index < -0.39 is 0 Å². The van der Waals surface area contributed by atoms with Gasteiger partial charge in [-0.25, -0.2) is 4.39 Å². The highest BCUT2D eigenvalue weighted by Gasteiger charge is 2.25. The zero-order valence-electron chi connectivity index (χ0n) is 17.4. The number of aromatic nitrogens is 1. The minimum absolute atomic E-state index is 0.173. The van der Waals surface area contributed by atoms with Crippen molar-refractivity contribution in [3.05, 3.63) is 93.2 Å². The molecule has 1 unspecified atom stereocenters. The highest BCUT2D eigenvalue weighted by molar-refractivity contribution is 8.76. The van der Waals surface area contributed by atoms with Crippen molar-refractivity contribution in [3.63, 3.8) is 0 Å². The van der Waals surface area contributed by atoms with E-state index in [-0.39, 0.29) is 17.4 Å². The van der Waals surface area contributed by atoms with Crippen LogP contribution < -0.4 is 5.56 Å². The van der Waals surface area contributed by atoms with Crippen molar-refractivity contribution in [2.45, 2.75) is 18.7 Å². The van der Waals surface area contributed by atoms with E-state index in [0.29, 0.717) is 6.61 Å². The van der Waals surface area contributed by atoms with Crippen molar-refractivity contribution in [2.24, 2.45) is 4.99 Å². The Labute approximate surface area is 188 Å². The van der Waals surface area contributed by atoms with Gasteiger partial charge in [-0.1, -0.05) is 40.6 Å². The monoisotopic (exact) mass is 454 g/mol. The molecule has 0 saturated heterocycles. The molecular weight excluding hydrogens is 431 g/mol. The van der Waals surface area contributed by atoms with E-state index >= 15 is 0 Å². The third kappa shape index (κ3) is 4.79. The van der Waals surface area contributed by atoms with Crippen molar-refractivity contribution in [1.82, 2.24) is 4.98 Å². The Hall–Kier alpha value is -2.35. The summed E-state index contributed by atoms with van der Waals surface area (Å²) in [5.41, 5.74) is 6.35. The van der Waals surface area contributed by atoms with Gasteiger partial charge in [-0.05, 0) is 47.0 Å². The van der Waals surface area contributed by atoms with Crippen LogP contribution in [0.2, 0.25) is 0 Å². The summed E-state index contributed by atoms with van der Waals surface area (Å²) in [6, 6.07) is 14.0. The number of hydrogen-bond acceptors (Lipinski definition) is 5. The van der Waals surface area contributed by atoms with Crippen LogP contribution in [-0.2, 0) is 10.5 Å². The van der Waals surface area contributed by atoms with Crippen LogP contribution in [0.4, 0.5) is 4.39 Å². The molecule has 1 atom stereocenters. The first-order chi connectivity index (χ1) is 15.1. The summed E-state index contributed by atoms with van der Waals surface area (Å²) in [5.74, 6) is 1.65. The van der Waals surface area contributed by atoms with Gasteiger partial charge < -0.3 is 9.72 Å². The molecule has 1 N–H and O–H groups in total. The van der Waals surface area contributed by atoms with E-state index in [2.05, 4.69) is 30.1 Å². The second-order valence-electron chi connectivity index (χ2n) is 7.17. The number of hydrogen-bond donors (Lipinski definition) is 1. The predicted octanol–water partition coefficient (Wildman–Crippen LogP) is 5.62. The fourth-order valence-corrected chi connectivity index (χ4v) is 5.44. The van der Waals surface area contributed by atoms with Crippen LogP contribution >= 0.6 is 21.6 Å². The van der Waals surface area contributed by atoms with E-state index in [0.717, 1.165) is 45.0 Å². The zero-order valence-corrected chi connectivity index (χ0v) is 19.0. The van der Waals surface area contributed by atoms with E-state index in [1.54, 1.807) is 31.5 Å². The fourth-order valence-electron chi connectivity index (χ4n) is 3.72. The highest BCUT2D eigenvalue weighted by atomic mass is 33.1. The second-order valence-corrected chi connectivity index (χ2v) is 9.92. The summed E-state index contributed by atoms with van der Waals surface area (Å²) >= 11 is 0. The molecule has 2 aromatic carbocycles. The Morgan fingerprint density at radius 1 is 1.06 bits per heavy atom. The van der Waals surface area contributed by atoms with E-state index in [1.807, 2.05) is 21.6 Å². The van der Waals surface area contributed by atoms with Gasteiger partial charge in [-0.3, -0.25) is 9.79 Å². The van der Waals surface area contributed by atoms with E-state index in [4.69, 9.17) is 9.73 Å². The number of aliphatic imine (C=N–C) groups is 1. The van der Waals surface area contributed by atoms with E-state index in [1.165, 1.54) is 17.7 Å². The highest BCUT2D eigenvalue weighted by Crippen LogP contribution is 2.38. The van der Waals surface area contributed by atoms with Crippen LogP contribution in [-0.4, -0.2) is 30.2 Å². The zero-order chi connectivity index (χ0) is 21.8. The molecule has 3 aromatic rings. The number of aromatic amines is 1. The Bertz CT molecular complexity index is 1160. The summed E-state index contributed by atoms with van der Waals surface area (Å²) in [4.78, 5) is 20.0. The number of halogens is 1. The molecule has 160 valence electrons. The average Bonchev–Trinajstić information content (AvgIpc) is 2.90. The molecule has 1 aliphatic rings. The van der Waals surface area contributed by atoms with Gasteiger partial charge in [0.1, 0.15) is 5.82 Å². The molecule has 1 aromatic heterocycles. The minimum Gasteiger partial charge on any atom is -0.382 e. The Morgan fingerprint density at radius 3 is 2.61 bits per heavy atom. The number of benzene rings is 2. The maximum absolute atomic E-state index is 13.6. The summed E-state index contributed by atoms with van der Waals surface area (Å²) in [5, 5.41) is 0. The van der Waals surface area contributed by atoms with Crippen LogP contribution in [0.15, 0.2) is 64.5 Å². The van der Waals surface area contributed by atoms with E-state index in [9.17, 15) is 9.18 Å². The number of ether oxygens (including phenoxy) is 1. The summed E-state index contributed by atoms with van der Waals surface area (Å²) in [6.45, 7) is 2.48. The van der Waals surface area contributed by atoms with Gasteiger partial charge in [-0.15, -0.1) is 0 Å². The Kier molecular flexibility index (Phi) is 6.95. The van der Waals surface area contributed by atoms with Crippen molar-refractivity contribution < 1.29 is 9.13 Å². The molecule has 2 heterocycles. The van der Waals surface area contributed by atoms with Gasteiger partial charge in [0.2, 0.25) is 5.56 Å². The normalized spacial score (nSPS) is 15.1. The van der Waals surface area contributed by atoms with Crippen LogP contribution in [0.25, 0.3) is 11.1 Å². The molecule has 1 aliphatic heterocycles. The lowest BCUT2D eigenvalue weighted by atomic mass is 9.91. The van der Waals surface area contributed by atoms with Crippen LogP contribution in [0.3, 0.4) is 0 Å². The number of rotatable bonds is 7. The molecule has 31 heavy (non-hydrogen) atoms. The number of nitrogens with zero attached hydrogens (tertiary/aromatic N) is 1. The standard InChI is InChI=1S/C24H23FN2O2S2/c1-3-30-31-14-15-4-9-18-19(10-15)21-12-26-23(28)11-20(21)22(13-29-2)27-24(18)16-5-7-17(25)8-6-16/h4-12,22H,3,13-14H2,1-2H3,(H,26,28). The number of H-pyrrole nitrogens is 1. The fraction of sp³-hybridized carbons (Fsp3) is 0.250. The van der Waals surface area contributed by atoms with Crippen molar-refractivity contribution in [3.8, 4) is 11.1 Å². The topological polar surface area (TPSA) is 54.5 Å². The molecule has 0 radical (unpaired) electrons.